The second kappa shape index (κ2) is 7.21. The molecule has 5 nitrogen and oxygen atoms in total. The number of allylic oxidation sites excluding steroid dienone is 1. The standard InChI is InChI=1S/C18H22O5S/c1-12(2)8-9-22-15-7-6-14(21-5)10-13(15)11-16-17(19)23-18(3,4)24(16)20/h6-8,10-11H,9H2,1-5H3/b16-11+. The third-order valence-corrected chi connectivity index (χ3v) is 5.08. The van der Waals surface area contributed by atoms with E-state index in [9.17, 15) is 9.00 Å². The largest absolute Gasteiger partial charge is 0.497 e. The van der Waals surface area contributed by atoms with Gasteiger partial charge in [-0.1, -0.05) is 5.57 Å². The van der Waals surface area contributed by atoms with Crippen LogP contribution in [-0.4, -0.2) is 28.8 Å². The minimum atomic E-state index is -1.55. The van der Waals surface area contributed by atoms with E-state index >= 15 is 0 Å². The molecule has 0 saturated carbocycles. The monoisotopic (exact) mass is 350 g/mol. The van der Waals surface area contributed by atoms with Crippen molar-refractivity contribution in [3.05, 3.63) is 40.3 Å². The van der Waals surface area contributed by atoms with Crippen LogP contribution in [0.15, 0.2) is 34.8 Å². The fourth-order valence-corrected chi connectivity index (χ4v) is 3.21. The molecule has 1 unspecified atom stereocenters. The molecule has 24 heavy (non-hydrogen) atoms. The number of carbonyl (C=O) groups excluding carboxylic acids is 1. The van der Waals surface area contributed by atoms with Gasteiger partial charge in [-0.15, -0.1) is 0 Å². The number of hydrogen-bond donors (Lipinski definition) is 0. The number of ether oxygens (including phenoxy) is 3. The molecule has 0 N–H and O–H groups in total. The predicted octanol–water partition coefficient (Wildman–Crippen LogP) is 3.42. The third-order valence-electron chi connectivity index (χ3n) is 3.42. The predicted molar refractivity (Wildman–Crippen MR) is 94.2 cm³/mol. The Bertz CT molecular complexity index is 727. The van der Waals surface area contributed by atoms with Gasteiger partial charge in [0.05, 0.1) is 7.11 Å². The van der Waals surface area contributed by atoms with E-state index in [-0.39, 0.29) is 4.91 Å². The molecule has 1 fully saturated rings. The molecule has 0 radical (unpaired) electrons. The van der Waals surface area contributed by atoms with Crippen LogP contribution in [0.5, 0.6) is 11.5 Å². The highest BCUT2D eigenvalue weighted by Gasteiger charge is 2.43. The van der Waals surface area contributed by atoms with Crippen molar-refractivity contribution in [3.8, 4) is 11.5 Å². The molecular formula is C18H22O5S. The van der Waals surface area contributed by atoms with E-state index in [1.165, 1.54) is 0 Å². The van der Waals surface area contributed by atoms with Gasteiger partial charge in [-0.2, -0.15) is 0 Å². The maximum atomic E-state index is 12.4. The van der Waals surface area contributed by atoms with Crippen LogP contribution >= 0.6 is 0 Å². The van der Waals surface area contributed by atoms with Crippen molar-refractivity contribution in [1.82, 2.24) is 0 Å². The molecule has 1 heterocycles. The number of cyclic esters (lactones) is 1. The van der Waals surface area contributed by atoms with Gasteiger partial charge in [-0.25, -0.2) is 9.00 Å². The summed E-state index contributed by atoms with van der Waals surface area (Å²) in [4.78, 5) is 11.1. The van der Waals surface area contributed by atoms with Crippen LogP contribution in [0.3, 0.4) is 0 Å². The van der Waals surface area contributed by atoms with E-state index < -0.39 is 21.7 Å². The molecule has 6 heteroatoms. The molecule has 2 rings (SSSR count). The van der Waals surface area contributed by atoms with E-state index in [2.05, 4.69) is 0 Å². The number of benzene rings is 1. The lowest BCUT2D eigenvalue weighted by molar-refractivity contribution is -0.141. The Hall–Kier alpha value is -2.08. The van der Waals surface area contributed by atoms with Gasteiger partial charge in [-0.05, 0) is 58.0 Å². The Morgan fingerprint density at radius 1 is 1.33 bits per heavy atom. The molecule has 0 spiro atoms. The smallest absolute Gasteiger partial charge is 0.348 e. The highest BCUT2D eigenvalue weighted by Crippen LogP contribution is 2.34. The van der Waals surface area contributed by atoms with Gasteiger partial charge < -0.3 is 14.2 Å². The molecule has 0 bridgehead atoms. The highest BCUT2D eigenvalue weighted by molar-refractivity contribution is 7.91. The second-order valence-electron chi connectivity index (χ2n) is 6.06. The Labute approximate surface area is 144 Å². The first-order valence-corrected chi connectivity index (χ1v) is 8.70. The SMILES string of the molecule is COc1ccc(OCC=C(C)C)c(/C=C2\C(=O)OC(C)(C)S2=O)c1. The fraction of sp³-hybridized carbons (Fsp3) is 0.389. The highest BCUT2D eigenvalue weighted by atomic mass is 32.2. The zero-order valence-corrected chi connectivity index (χ0v) is 15.4. The van der Waals surface area contributed by atoms with Gasteiger partial charge in [0.1, 0.15) is 33.8 Å². The van der Waals surface area contributed by atoms with E-state index in [4.69, 9.17) is 14.2 Å². The maximum Gasteiger partial charge on any atom is 0.348 e. The number of carbonyl (C=O) groups is 1. The Morgan fingerprint density at radius 3 is 2.58 bits per heavy atom. The molecule has 0 amide bonds. The van der Waals surface area contributed by atoms with Crippen LogP contribution in [-0.2, 0) is 20.3 Å². The first-order chi connectivity index (χ1) is 11.2. The van der Waals surface area contributed by atoms with E-state index in [1.807, 2.05) is 19.9 Å². The number of rotatable bonds is 5. The van der Waals surface area contributed by atoms with Crippen LogP contribution in [0, 0.1) is 0 Å². The fourth-order valence-electron chi connectivity index (χ4n) is 2.10. The lowest BCUT2D eigenvalue weighted by Crippen LogP contribution is -2.22. The van der Waals surface area contributed by atoms with Crippen molar-refractivity contribution in [2.45, 2.75) is 32.6 Å². The van der Waals surface area contributed by atoms with Gasteiger partial charge in [0.25, 0.3) is 0 Å². The summed E-state index contributed by atoms with van der Waals surface area (Å²) < 4.78 is 28.6. The van der Waals surface area contributed by atoms with Crippen LogP contribution in [0.25, 0.3) is 6.08 Å². The lowest BCUT2D eigenvalue weighted by atomic mass is 10.1. The lowest BCUT2D eigenvalue weighted by Gasteiger charge is -2.12. The van der Waals surface area contributed by atoms with Gasteiger partial charge in [0.15, 0.2) is 4.93 Å². The molecule has 0 aromatic heterocycles. The maximum absolute atomic E-state index is 12.4. The number of methoxy groups -OCH3 is 1. The second-order valence-corrected chi connectivity index (χ2v) is 8.02. The zero-order valence-electron chi connectivity index (χ0n) is 14.5. The first-order valence-electron chi connectivity index (χ1n) is 7.55. The zero-order chi connectivity index (χ0) is 17.9. The van der Waals surface area contributed by atoms with Crippen molar-refractivity contribution >= 4 is 22.8 Å². The van der Waals surface area contributed by atoms with Crippen LogP contribution in [0.1, 0.15) is 33.3 Å². The van der Waals surface area contributed by atoms with Crippen LogP contribution in [0.4, 0.5) is 0 Å². The van der Waals surface area contributed by atoms with Gasteiger partial charge in [0.2, 0.25) is 0 Å². The van der Waals surface area contributed by atoms with Crippen LogP contribution in [0.2, 0.25) is 0 Å². The summed E-state index contributed by atoms with van der Waals surface area (Å²) in [7, 11) is 0.00623. The average Bonchev–Trinajstić information content (AvgIpc) is 2.70. The number of esters is 1. The van der Waals surface area contributed by atoms with E-state index in [0.29, 0.717) is 23.7 Å². The molecule has 1 saturated heterocycles. The third kappa shape index (κ3) is 4.06. The molecule has 130 valence electrons. The average molecular weight is 350 g/mol. The summed E-state index contributed by atoms with van der Waals surface area (Å²) in [6, 6.07) is 5.27. The molecule has 0 aliphatic carbocycles. The van der Waals surface area contributed by atoms with Crippen molar-refractivity contribution in [2.24, 2.45) is 0 Å². The summed E-state index contributed by atoms with van der Waals surface area (Å²) >= 11 is 0. The van der Waals surface area contributed by atoms with Crippen molar-refractivity contribution in [2.75, 3.05) is 13.7 Å². The summed E-state index contributed by atoms with van der Waals surface area (Å²) in [6.07, 6.45) is 3.50. The molecule has 1 aromatic rings. The van der Waals surface area contributed by atoms with Gasteiger partial charge >= 0.3 is 5.97 Å². The Balaban J connectivity index is 2.40. The molecule has 1 aliphatic rings. The summed E-state index contributed by atoms with van der Waals surface area (Å²) in [5.41, 5.74) is 1.76. The summed E-state index contributed by atoms with van der Waals surface area (Å²) in [6.45, 7) is 7.63. The molecule has 1 aromatic carbocycles. The number of hydrogen-bond acceptors (Lipinski definition) is 5. The normalized spacial score (nSPS) is 20.6. The Kier molecular flexibility index (Phi) is 5.49. The summed E-state index contributed by atoms with van der Waals surface area (Å²) in [5, 5.41) is 0. The van der Waals surface area contributed by atoms with E-state index in [0.717, 1.165) is 5.57 Å². The quantitative estimate of drug-likeness (QED) is 0.462. The molecule has 1 atom stereocenters. The topological polar surface area (TPSA) is 61.8 Å². The van der Waals surface area contributed by atoms with Crippen molar-refractivity contribution < 1.29 is 23.2 Å². The van der Waals surface area contributed by atoms with E-state index in [1.54, 1.807) is 45.2 Å². The molecule has 1 aliphatic heterocycles. The van der Waals surface area contributed by atoms with Gasteiger partial charge in [0, 0.05) is 5.56 Å². The van der Waals surface area contributed by atoms with Crippen LogP contribution < -0.4 is 9.47 Å². The van der Waals surface area contributed by atoms with Gasteiger partial charge in [-0.3, -0.25) is 0 Å². The molecular weight excluding hydrogens is 328 g/mol. The van der Waals surface area contributed by atoms with Crippen molar-refractivity contribution in [1.29, 1.82) is 0 Å². The first kappa shape index (κ1) is 18.3. The summed E-state index contributed by atoms with van der Waals surface area (Å²) in [5.74, 6) is 0.625. The Morgan fingerprint density at radius 2 is 2.04 bits per heavy atom. The van der Waals surface area contributed by atoms with Crippen molar-refractivity contribution in [3.63, 3.8) is 0 Å². The minimum absolute atomic E-state index is 0.125. The minimum Gasteiger partial charge on any atom is -0.497 e.